The van der Waals surface area contributed by atoms with Crippen LogP contribution in [-0.2, 0) is 5.75 Å². The molecular formula is C8H10FNOS. The van der Waals surface area contributed by atoms with Crippen LogP contribution in [0.15, 0.2) is 18.5 Å². The molecule has 0 saturated carbocycles. The van der Waals surface area contributed by atoms with E-state index in [0.717, 1.165) is 5.56 Å². The fourth-order valence-electron chi connectivity index (χ4n) is 0.789. The van der Waals surface area contributed by atoms with Crippen LogP contribution in [0, 0.1) is 5.82 Å². The number of rotatable bonds is 4. The maximum absolute atomic E-state index is 12.6. The average molecular weight is 187 g/mol. The quantitative estimate of drug-likeness (QED) is 0.724. The summed E-state index contributed by atoms with van der Waals surface area (Å²) in [5.41, 5.74) is 0.855. The third-order valence-electron chi connectivity index (χ3n) is 1.27. The number of hydrogen-bond donors (Lipinski definition) is 1. The van der Waals surface area contributed by atoms with Crippen molar-refractivity contribution in [1.29, 1.82) is 0 Å². The number of aliphatic hydroxyl groups excluding tert-OH is 1. The second kappa shape index (κ2) is 5.11. The first-order valence-corrected chi connectivity index (χ1v) is 4.76. The molecule has 0 aliphatic rings. The zero-order valence-electron chi connectivity index (χ0n) is 6.53. The monoisotopic (exact) mass is 187 g/mol. The Morgan fingerprint density at radius 3 is 3.00 bits per heavy atom. The Labute approximate surface area is 74.8 Å². The van der Waals surface area contributed by atoms with Gasteiger partial charge in [0.1, 0.15) is 5.82 Å². The van der Waals surface area contributed by atoms with Gasteiger partial charge >= 0.3 is 0 Å². The molecule has 1 heterocycles. The molecular weight excluding hydrogens is 177 g/mol. The van der Waals surface area contributed by atoms with Gasteiger partial charge in [0, 0.05) is 17.7 Å². The van der Waals surface area contributed by atoms with Crippen molar-refractivity contribution in [3.05, 3.63) is 29.8 Å². The van der Waals surface area contributed by atoms with Gasteiger partial charge in [0.25, 0.3) is 0 Å². The first-order valence-electron chi connectivity index (χ1n) is 3.61. The third kappa shape index (κ3) is 3.19. The van der Waals surface area contributed by atoms with Crippen molar-refractivity contribution in [3.63, 3.8) is 0 Å². The van der Waals surface area contributed by atoms with Crippen molar-refractivity contribution < 1.29 is 9.50 Å². The number of nitrogens with zero attached hydrogens (tertiary/aromatic N) is 1. The van der Waals surface area contributed by atoms with Gasteiger partial charge in [-0.1, -0.05) is 0 Å². The highest BCUT2D eigenvalue weighted by molar-refractivity contribution is 7.98. The Kier molecular flexibility index (Phi) is 4.04. The summed E-state index contributed by atoms with van der Waals surface area (Å²) >= 11 is 1.56. The smallest absolute Gasteiger partial charge is 0.141 e. The van der Waals surface area contributed by atoms with E-state index >= 15 is 0 Å². The zero-order chi connectivity index (χ0) is 8.81. The molecule has 1 N–H and O–H groups in total. The summed E-state index contributed by atoms with van der Waals surface area (Å²) in [6.07, 6.45) is 2.81. The van der Waals surface area contributed by atoms with E-state index in [4.69, 9.17) is 5.11 Å². The van der Waals surface area contributed by atoms with E-state index in [1.54, 1.807) is 18.0 Å². The van der Waals surface area contributed by atoms with E-state index < -0.39 is 0 Å². The topological polar surface area (TPSA) is 33.1 Å². The van der Waals surface area contributed by atoms with Crippen LogP contribution in [0.2, 0.25) is 0 Å². The Balaban J connectivity index is 2.41. The normalized spacial score (nSPS) is 10.2. The molecule has 0 aliphatic heterocycles. The van der Waals surface area contributed by atoms with Gasteiger partial charge in [-0.3, -0.25) is 4.98 Å². The third-order valence-corrected chi connectivity index (χ3v) is 2.27. The zero-order valence-corrected chi connectivity index (χ0v) is 7.35. The van der Waals surface area contributed by atoms with Crippen molar-refractivity contribution >= 4 is 11.8 Å². The molecule has 0 radical (unpaired) electrons. The highest BCUT2D eigenvalue weighted by atomic mass is 32.2. The number of thioether (sulfide) groups is 1. The standard InChI is InChI=1S/C8H10FNOS/c9-8-3-7(4-10-5-8)6-12-2-1-11/h3-5,11H,1-2,6H2. The molecule has 4 heteroatoms. The fraction of sp³-hybridized carbons (Fsp3) is 0.375. The van der Waals surface area contributed by atoms with Crippen LogP contribution in [0.1, 0.15) is 5.56 Å². The molecule has 2 nitrogen and oxygen atoms in total. The summed E-state index contributed by atoms with van der Waals surface area (Å²) in [6.45, 7) is 0.160. The van der Waals surface area contributed by atoms with Gasteiger partial charge in [0.15, 0.2) is 0 Å². The van der Waals surface area contributed by atoms with E-state index in [-0.39, 0.29) is 12.4 Å². The Hall–Kier alpha value is -0.610. The SMILES string of the molecule is OCCSCc1cncc(F)c1. The van der Waals surface area contributed by atoms with Crippen LogP contribution in [0.3, 0.4) is 0 Å². The lowest BCUT2D eigenvalue weighted by molar-refractivity contribution is 0.322. The predicted octanol–water partition coefficient (Wildman–Crippen LogP) is 1.45. The van der Waals surface area contributed by atoms with Crippen molar-refractivity contribution in [2.45, 2.75) is 5.75 Å². The second-order valence-electron chi connectivity index (χ2n) is 2.29. The van der Waals surface area contributed by atoms with Crippen LogP contribution >= 0.6 is 11.8 Å². The molecule has 1 aromatic rings. The average Bonchev–Trinajstić information content (AvgIpc) is 2.05. The lowest BCUT2D eigenvalue weighted by Gasteiger charge is -1.98. The number of hydrogen-bond acceptors (Lipinski definition) is 3. The van der Waals surface area contributed by atoms with E-state index in [1.165, 1.54) is 12.3 Å². The van der Waals surface area contributed by atoms with E-state index in [1.807, 2.05) is 0 Å². The van der Waals surface area contributed by atoms with Gasteiger partial charge in [-0.25, -0.2) is 4.39 Å². The van der Waals surface area contributed by atoms with Gasteiger partial charge < -0.3 is 5.11 Å². The Morgan fingerprint density at radius 2 is 2.33 bits per heavy atom. The molecule has 0 saturated heterocycles. The van der Waals surface area contributed by atoms with Gasteiger partial charge in [0.2, 0.25) is 0 Å². The highest BCUT2D eigenvalue weighted by Gasteiger charge is 1.95. The molecule has 0 aromatic carbocycles. The van der Waals surface area contributed by atoms with Crippen LogP contribution in [0.25, 0.3) is 0 Å². The van der Waals surface area contributed by atoms with Crippen molar-refractivity contribution in [1.82, 2.24) is 4.98 Å². The molecule has 12 heavy (non-hydrogen) atoms. The highest BCUT2D eigenvalue weighted by Crippen LogP contribution is 2.10. The molecule has 0 unspecified atom stereocenters. The summed E-state index contributed by atoms with van der Waals surface area (Å²) in [6, 6.07) is 1.46. The maximum Gasteiger partial charge on any atom is 0.141 e. The predicted molar refractivity (Wildman–Crippen MR) is 47.4 cm³/mol. The molecule has 0 amide bonds. The number of pyridine rings is 1. The van der Waals surface area contributed by atoms with Crippen LogP contribution in [-0.4, -0.2) is 22.5 Å². The summed E-state index contributed by atoms with van der Waals surface area (Å²) in [7, 11) is 0. The fourth-order valence-corrected chi connectivity index (χ4v) is 1.46. The molecule has 0 atom stereocenters. The number of aromatic nitrogens is 1. The van der Waals surface area contributed by atoms with Crippen LogP contribution in [0.5, 0.6) is 0 Å². The first-order chi connectivity index (χ1) is 5.83. The molecule has 66 valence electrons. The summed E-state index contributed by atoms with van der Waals surface area (Å²) in [5.74, 6) is 1.07. The van der Waals surface area contributed by atoms with Gasteiger partial charge in [0.05, 0.1) is 12.8 Å². The molecule has 0 fully saturated rings. The van der Waals surface area contributed by atoms with Crippen molar-refractivity contribution in [3.8, 4) is 0 Å². The van der Waals surface area contributed by atoms with Gasteiger partial charge in [-0.05, 0) is 11.6 Å². The number of halogens is 1. The summed E-state index contributed by atoms with van der Waals surface area (Å²) < 4.78 is 12.6. The van der Waals surface area contributed by atoms with Crippen molar-refractivity contribution in [2.24, 2.45) is 0 Å². The van der Waals surface area contributed by atoms with Gasteiger partial charge in [-0.2, -0.15) is 11.8 Å². The lowest BCUT2D eigenvalue weighted by Crippen LogP contribution is -1.89. The van der Waals surface area contributed by atoms with Crippen LogP contribution in [0.4, 0.5) is 4.39 Å². The summed E-state index contributed by atoms with van der Waals surface area (Å²) in [5, 5.41) is 8.49. The lowest BCUT2D eigenvalue weighted by atomic mass is 10.3. The minimum absolute atomic E-state index is 0.160. The molecule has 1 rings (SSSR count). The van der Waals surface area contributed by atoms with E-state index in [2.05, 4.69) is 4.98 Å². The van der Waals surface area contributed by atoms with E-state index in [9.17, 15) is 4.39 Å². The minimum Gasteiger partial charge on any atom is -0.396 e. The molecule has 0 aliphatic carbocycles. The maximum atomic E-state index is 12.6. The van der Waals surface area contributed by atoms with Gasteiger partial charge in [-0.15, -0.1) is 0 Å². The van der Waals surface area contributed by atoms with Crippen LogP contribution < -0.4 is 0 Å². The Bertz CT molecular complexity index is 244. The minimum atomic E-state index is -0.308. The number of aliphatic hydroxyl groups is 1. The summed E-state index contributed by atoms with van der Waals surface area (Å²) in [4.78, 5) is 3.71. The Morgan fingerprint density at radius 1 is 1.50 bits per heavy atom. The molecule has 0 spiro atoms. The van der Waals surface area contributed by atoms with Crippen molar-refractivity contribution in [2.75, 3.05) is 12.4 Å². The van der Waals surface area contributed by atoms with E-state index in [0.29, 0.717) is 11.5 Å². The first kappa shape index (κ1) is 9.48. The molecule has 1 aromatic heterocycles. The second-order valence-corrected chi connectivity index (χ2v) is 3.39. The molecule has 0 bridgehead atoms. The largest absolute Gasteiger partial charge is 0.396 e.